The van der Waals surface area contributed by atoms with E-state index in [-0.39, 0.29) is 25.7 Å². The van der Waals surface area contributed by atoms with Gasteiger partial charge in [-0.2, -0.15) is 0 Å². The molecular weight excluding hydrogens is 1220 g/mol. The SMILES string of the molecule is CCC(C)CCCCCCCCCCCCCCCCC(=O)OC[C@H](COP(=O)(O)OC[C@@H](O)COP(=O)(O)OC[C@@H](COC(=O)CCCCCCCCC(C)C)OC(=O)CCCCCCCCCCCCCCCC(C)C)OC(=O)CCCCCCCCCC(C)C. The number of phosphoric ester groups is 2. The van der Waals surface area contributed by atoms with Crippen molar-refractivity contribution in [1.82, 2.24) is 0 Å². The number of esters is 4. The van der Waals surface area contributed by atoms with E-state index in [4.69, 9.17) is 37.0 Å². The standard InChI is InChI=1S/C74H144O17P2/c1-9-67(8)53-45-37-28-22-18-14-10-11-15-19-23-29-38-46-54-71(76)84-60-69(91-74(79)57-49-41-31-25-27-35-43-51-65(4)5)62-88-92(80,81)86-58-68(75)59-87-93(82,83)89-63-70(61-85-72(77)55-47-39-33-32-36-44-52-66(6)7)90-73(78)56-48-40-30-24-20-16-12-13-17-21-26-34-42-50-64(2)3/h64-70,75H,9-63H2,1-8H3,(H,80,81)(H,82,83)/t67?,68-,69-,70-/m1/s1. The fraction of sp³-hybridized carbons (Fsp3) is 0.946. The molecule has 0 radical (unpaired) electrons. The number of rotatable bonds is 71. The summed E-state index contributed by atoms with van der Waals surface area (Å²) in [5.41, 5.74) is 0. The number of unbranched alkanes of at least 4 members (excludes halogenated alkanes) is 36. The number of hydrogen-bond donors (Lipinski definition) is 3. The minimum Gasteiger partial charge on any atom is -0.462 e. The van der Waals surface area contributed by atoms with Crippen molar-refractivity contribution >= 4 is 39.5 Å². The van der Waals surface area contributed by atoms with Crippen molar-refractivity contribution in [3.05, 3.63) is 0 Å². The van der Waals surface area contributed by atoms with E-state index in [0.717, 1.165) is 108 Å². The molecule has 0 aromatic rings. The first-order valence-corrected chi connectivity index (χ1v) is 41.2. The number of carbonyl (C=O) groups excluding carboxylic acids is 4. The lowest BCUT2D eigenvalue weighted by Gasteiger charge is -2.21. The highest BCUT2D eigenvalue weighted by Gasteiger charge is 2.30. The molecule has 0 aliphatic carbocycles. The Morgan fingerprint density at radius 1 is 0.301 bits per heavy atom. The topological polar surface area (TPSA) is 237 Å². The third-order valence-corrected chi connectivity index (χ3v) is 19.3. The first kappa shape index (κ1) is 91.1. The third kappa shape index (κ3) is 67.0. The average molecular weight is 1370 g/mol. The van der Waals surface area contributed by atoms with Crippen LogP contribution in [0.4, 0.5) is 0 Å². The second-order valence-corrected chi connectivity index (χ2v) is 31.3. The molecule has 19 heteroatoms. The molecule has 0 fully saturated rings. The van der Waals surface area contributed by atoms with Crippen LogP contribution in [0.15, 0.2) is 0 Å². The Hall–Kier alpha value is -1.94. The molecule has 0 saturated heterocycles. The Bertz CT molecular complexity index is 1840. The van der Waals surface area contributed by atoms with Gasteiger partial charge in [0.05, 0.1) is 26.4 Å². The Kier molecular flexibility index (Phi) is 62.2. The second-order valence-electron chi connectivity index (χ2n) is 28.4. The molecule has 3 unspecified atom stereocenters. The molecule has 0 rings (SSSR count). The number of ether oxygens (including phenoxy) is 4. The van der Waals surface area contributed by atoms with E-state index in [2.05, 4.69) is 55.4 Å². The molecule has 0 amide bonds. The van der Waals surface area contributed by atoms with Gasteiger partial charge in [-0.05, 0) is 49.4 Å². The van der Waals surface area contributed by atoms with Gasteiger partial charge in [0.2, 0.25) is 0 Å². The van der Waals surface area contributed by atoms with Crippen molar-refractivity contribution in [3.8, 4) is 0 Å². The van der Waals surface area contributed by atoms with Crippen molar-refractivity contribution in [2.45, 2.75) is 388 Å². The van der Waals surface area contributed by atoms with Crippen molar-refractivity contribution < 1.29 is 80.2 Å². The normalized spacial score (nSPS) is 14.5. The number of phosphoric acid groups is 2. The lowest BCUT2D eigenvalue weighted by Crippen LogP contribution is -2.30. The van der Waals surface area contributed by atoms with Gasteiger partial charge in [-0.1, -0.05) is 319 Å². The molecule has 3 N–H and O–H groups in total. The first-order chi connectivity index (χ1) is 44.6. The monoisotopic (exact) mass is 1370 g/mol. The van der Waals surface area contributed by atoms with Gasteiger partial charge in [-0.15, -0.1) is 0 Å². The van der Waals surface area contributed by atoms with E-state index < -0.39 is 97.5 Å². The van der Waals surface area contributed by atoms with Crippen molar-refractivity contribution in [2.24, 2.45) is 23.7 Å². The Labute approximate surface area is 568 Å². The molecule has 0 aliphatic rings. The van der Waals surface area contributed by atoms with Crippen LogP contribution in [0.5, 0.6) is 0 Å². The lowest BCUT2D eigenvalue weighted by molar-refractivity contribution is -0.161. The fourth-order valence-electron chi connectivity index (χ4n) is 11.2. The van der Waals surface area contributed by atoms with Crippen LogP contribution < -0.4 is 0 Å². The van der Waals surface area contributed by atoms with Gasteiger partial charge in [0.25, 0.3) is 0 Å². The molecule has 0 aromatic heterocycles. The first-order valence-electron chi connectivity index (χ1n) is 38.2. The van der Waals surface area contributed by atoms with Gasteiger partial charge in [-0.3, -0.25) is 37.3 Å². The highest BCUT2D eigenvalue weighted by atomic mass is 31.2. The molecule has 0 spiro atoms. The molecule has 0 bridgehead atoms. The minimum atomic E-state index is -4.95. The largest absolute Gasteiger partial charge is 0.472 e. The third-order valence-electron chi connectivity index (χ3n) is 17.4. The van der Waals surface area contributed by atoms with E-state index in [0.29, 0.717) is 37.5 Å². The highest BCUT2D eigenvalue weighted by molar-refractivity contribution is 7.47. The molecule has 0 saturated carbocycles. The second kappa shape index (κ2) is 63.5. The summed E-state index contributed by atoms with van der Waals surface area (Å²) in [6, 6.07) is 0. The summed E-state index contributed by atoms with van der Waals surface area (Å²) >= 11 is 0. The summed E-state index contributed by atoms with van der Waals surface area (Å²) in [6.45, 7) is 14.1. The van der Waals surface area contributed by atoms with E-state index in [1.165, 1.54) is 167 Å². The van der Waals surface area contributed by atoms with Crippen LogP contribution in [0.2, 0.25) is 0 Å². The zero-order valence-electron chi connectivity index (χ0n) is 60.9. The van der Waals surface area contributed by atoms with Crippen LogP contribution in [0.1, 0.15) is 370 Å². The van der Waals surface area contributed by atoms with E-state index in [1.807, 2.05) is 0 Å². The molecule has 6 atom stereocenters. The highest BCUT2D eigenvalue weighted by Crippen LogP contribution is 2.45. The predicted molar refractivity (Wildman–Crippen MR) is 377 cm³/mol. The van der Waals surface area contributed by atoms with Gasteiger partial charge in [0, 0.05) is 25.7 Å². The van der Waals surface area contributed by atoms with Gasteiger partial charge in [-0.25, -0.2) is 9.13 Å². The van der Waals surface area contributed by atoms with Gasteiger partial charge >= 0.3 is 39.5 Å². The average Bonchev–Trinajstić information content (AvgIpc) is 2.09. The van der Waals surface area contributed by atoms with E-state index in [1.54, 1.807) is 0 Å². The molecule has 0 heterocycles. The summed E-state index contributed by atoms with van der Waals surface area (Å²) < 4.78 is 68.4. The molecule has 0 aliphatic heterocycles. The van der Waals surface area contributed by atoms with Crippen LogP contribution in [-0.2, 0) is 65.4 Å². The maximum atomic E-state index is 13.0. The fourth-order valence-corrected chi connectivity index (χ4v) is 12.7. The molecule has 17 nitrogen and oxygen atoms in total. The maximum absolute atomic E-state index is 13.0. The molecule has 552 valence electrons. The Balaban J connectivity index is 5.18. The van der Waals surface area contributed by atoms with Crippen molar-refractivity contribution in [2.75, 3.05) is 39.6 Å². The Morgan fingerprint density at radius 2 is 0.516 bits per heavy atom. The quantitative estimate of drug-likeness (QED) is 0.0222. The summed E-state index contributed by atoms with van der Waals surface area (Å²) in [5, 5.41) is 10.6. The zero-order valence-corrected chi connectivity index (χ0v) is 62.7. The van der Waals surface area contributed by atoms with Crippen LogP contribution in [0.3, 0.4) is 0 Å². The van der Waals surface area contributed by atoms with Gasteiger partial charge in [0.1, 0.15) is 19.3 Å². The number of hydrogen-bond acceptors (Lipinski definition) is 15. The van der Waals surface area contributed by atoms with Crippen LogP contribution >= 0.6 is 15.6 Å². The molecular formula is C74H144O17P2. The maximum Gasteiger partial charge on any atom is 0.472 e. The molecule has 0 aromatic carbocycles. The zero-order chi connectivity index (χ0) is 68.9. The van der Waals surface area contributed by atoms with Crippen LogP contribution in [-0.4, -0.2) is 96.7 Å². The number of aliphatic hydroxyl groups is 1. The van der Waals surface area contributed by atoms with E-state index >= 15 is 0 Å². The summed E-state index contributed by atoms with van der Waals surface area (Å²) in [6.07, 6.45) is 47.4. The number of aliphatic hydroxyl groups excluding tert-OH is 1. The predicted octanol–water partition coefficient (Wildman–Crippen LogP) is 21.3. The summed E-state index contributed by atoms with van der Waals surface area (Å²) in [7, 11) is -9.91. The van der Waals surface area contributed by atoms with Crippen molar-refractivity contribution in [1.29, 1.82) is 0 Å². The summed E-state index contributed by atoms with van der Waals surface area (Å²) in [4.78, 5) is 72.6. The summed E-state index contributed by atoms with van der Waals surface area (Å²) in [5.74, 6) is 0.884. The van der Waals surface area contributed by atoms with E-state index in [9.17, 15) is 43.2 Å². The van der Waals surface area contributed by atoms with Crippen LogP contribution in [0, 0.1) is 23.7 Å². The van der Waals surface area contributed by atoms with Gasteiger partial charge in [0.15, 0.2) is 12.2 Å². The Morgan fingerprint density at radius 3 is 0.763 bits per heavy atom. The minimum absolute atomic E-state index is 0.103. The smallest absolute Gasteiger partial charge is 0.462 e. The van der Waals surface area contributed by atoms with Crippen molar-refractivity contribution in [3.63, 3.8) is 0 Å². The number of carbonyl (C=O) groups is 4. The van der Waals surface area contributed by atoms with Gasteiger partial charge < -0.3 is 33.8 Å². The van der Waals surface area contributed by atoms with Crippen LogP contribution in [0.25, 0.3) is 0 Å². The molecule has 93 heavy (non-hydrogen) atoms. The lowest BCUT2D eigenvalue weighted by atomic mass is 9.99.